The fourth-order valence-electron chi connectivity index (χ4n) is 3.64. The number of hydrogen-bond acceptors (Lipinski definition) is 5. The molecule has 0 aromatic heterocycles. The number of para-hydroxylation sites is 1. The Morgan fingerprint density at radius 1 is 0.788 bits per heavy atom. The third-order valence-electron chi connectivity index (χ3n) is 5.42. The monoisotopic (exact) mass is 500 g/mol. The van der Waals surface area contributed by atoms with E-state index < -0.39 is 27.6 Å². The number of esters is 1. The molecule has 0 heterocycles. The van der Waals surface area contributed by atoms with Crippen LogP contribution in [-0.4, -0.2) is 48.5 Å². The predicted octanol–water partition coefficient (Wildman–Crippen LogP) is 4.96. The lowest BCUT2D eigenvalue weighted by atomic mass is 9.85. The quantitative estimate of drug-likeness (QED) is 0.240. The van der Waals surface area contributed by atoms with E-state index in [1.54, 1.807) is 12.1 Å². The van der Waals surface area contributed by atoms with Gasteiger partial charge in [-0.15, -0.1) is 0 Å². The van der Waals surface area contributed by atoms with E-state index in [-0.39, 0.29) is 23.2 Å². The molecule has 8 heteroatoms. The van der Waals surface area contributed by atoms with Gasteiger partial charge in [-0.1, -0.05) is 45.9 Å². The van der Waals surface area contributed by atoms with Crippen LogP contribution in [0.25, 0.3) is 0 Å². The molecule has 0 aliphatic carbocycles. The molecule has 0 bridgehead atoms. The van der Waals surface area contributed by atoms with Crippen molar-refractivity contribution in [3.8, 4) is 5.75 Å². The highest BCUT2D eigenvalue weighted by Gasteiger charge is 2.24. The van der Waals surface area contributed by atoms with Crippen LogP contribution in [0.3, 0.4) is 0 Å². The van der Waals surface area contributed by atoms with Crippen molar-refractivity contribution in [2.75, 3.05) is 23.0 Å². The molecule has 0 radical (unpaired) electrons. The first-order chi connectivity index (χ1) is 15.4. The Hall–Kier alpha value is -1.54. The molecule has 0 amide bonds. The lowest BCUT2D eigenvalue weighted by molar-refractivity contribution is -0.139. The van der Waals surface area contributed by atoms with Gasteiger partial charge in [0.1, 0.15) is 5.75 Å². The second-order valence-corrected chi connectivity index (χ2v) is 13.5. The molecule has 1 N–H and O–H groups in total. The number of carboxylic acid groups (broad SMARTS) is 1. The van der Waals surface area contributed by atoms with Gasteiger partial charge in [0.2, 0.25) is 0 Å². The first-order valence-electron chi connectivity index (χ1n) is 11.6. The molecule has 1 rings (SSSR count). The van der Waals surface area contributed by atoms with E-state index in [0.29, 0.717) is 41.6 Å². The molecule has 1 aromatic carbocycles. The molecule has 2 atom stereocenters. The maximum Gasteiger partial charge on any atom is 0.311 e. The predicted molar refractivity (Wildman–Crippen MR) is 135 cm³/mol. The van der Waals surface area contributed by atoms with Crippen molar-refractivity contribution >= 4 is 33.5 Å². The fraction of sp³-hybridized carbons (Fsp3) is 0.680. The van der Waals surface area contributed by atoms with E-state index in [1.165, 1.54) is 0 Å². The summed E-state index contributed by atoms with van der Waals surface area (Å²) in [4.78, 5) is 23.0. The zero-order valence-electron chi connectivity index (χ0n) is 20.5. The van der Waals surface area contributed by atoms with Gasteiger partial charge in [0, 0.05) is 44.6 Å². The van der Waals surface area contributed by atoms with Crippen LogP contribution in [0.5, 0.6) is 5.75 Å². The van der Waals surface area contributed by atoms with Crippen LogP contribution >= 0.6 is 0 Å². The lowest BCUT2D eigenvalue weighted by Gasteiger charge is -2.23. The molecule has 33 heavy (non-hydrogen) atoms. The maximum atomic E-state index is 12.3. The Balaban J connectivity index is 2.17. The van der Waals surface area contributed by atoms with Crippen LogP contribution in [0.2, 0.25) is 0 Å². The zero-order chi connectivity index (χ0) is 24.9. The topological polar surface area (TPSA) is 97.7 Å². The van der Waals surface area contributed by atoms with Gasteiger partial charge in [0.05, 0.1) is 12.8 Å². The Kier molecular flexibility index (Phi) is 13.1. The smallest absolute Gasteiger partial charge is 0.311 e. The zero-order valence-corrected chi connectivity index (χ0v) is 22.1. The van der Waals surface area contributed by atoms with E-state index in [0.717, 1.165) is 25.7 Å². The highest BCUT2D eigenvalue weighted by atomic mass is 32.2. The van der Waals surface area contributed by atoms with Gasteiger partial charge < -0.3 is 9.84 Å². The van der Waals surface area contributed by atoms with Crippen LogP contribution in [-0.2, 0) is 31.2 Å². The Morgan fingerprint density at radius 3 is 1.73 bits per heavy atom. The summed E-state index contributed by atoms with van der Waals surface area (Å²) in [5.74, 6) is 1.67. The van der Waals surface area contributed by atoms with Crippen molar-refractivity contribution in [1.29, 1.82) is 0 Å². The van der Waals surface area contributed by atoms with Crippen molar-refractivity contribution in [2.45, 2.75) is 72.6 Å². The van der Waals surface area contributed by atoms with Crippen molar-refractivity contribution in [3.63, 3.8) is 0 Å². The van der Waals surface area contributed by atoms with Crippen LogP contribution in [0, 0.1) is 10.8 Å². The van der Waals surface area contributed by atoms with E-state index >= 15 is 0 Å². The second kappa shape index (κ2) is 14.7. The van der Waals surface area contributed by atoms with Gasteiger partial charge in [-0.25, -0.2) is 0 Å². The van der Waals surface area contributed by atoms with Crippen molar-refractivity contribution in [1.82, 2.24) is 0 Å². The van der Waals surface area contributed by atoms with E-state index in [2.05, 4.69) is 0 Å². The van der Waals surface area contributed by atoms with Crippen LogP contribution < -0.4 is 4.74 Å². The van der Waals surface area contributed by atoms with E-state index in [4.69, 9.17) is 9.84 Å². The molecule has 1 aromatic rings. The third kappa shape index (κ3) is 15.1. The summed E-state index contributed by atoms with van der Waals surface area (Å²) in [6.07, 6.45) is 4.08. The molecule has 0 saturated carbocycles. The molecule has 6 nitrogen and oxygen atoms in total. The minimum absolute atomic E-state index is 0.115. The standard InChI is InChI=1S/C25H40O6S2/c1-24(2,19-22(26)27)13-8-15-32(29)17-10-18-33(30)16-9-14-25(3,4)20-23(28)31-21-11-6-5-7-12-21/h5-7,11-12H,8-10,13-20H2,1-4H3,(H,26,27). The number of carbonyl (C=O) groups excluding carboxylic acids is 1. The lowest BCUT2D eigenvalue weighted by Crippen LogP contribution is -2.21. The summed E-state index contributed by atoms with van der Waals surface area (Å²) >= 11 is 0. The number of ether oxygens (including phenoxy) is 1. The average molecular weight is 501 g/mol. The number of rotatable bonds is 17. The van der Waals surface area contributed by atoms with Crippen molar-refractivity contribution in [3.05, 3.63) is 30.3 Å². The van der Waals surface area contributed by atoms with Crippen molar-refractivity contribution in [2.24, 2.45) is 10.8 Å². The van der Waals surface area contributed by atoms with Crippen LogP contribution in [0.15, 0.2) is 30.3 Å². The summed E-state index contributed by atoms with van der Waals surface area (Å²) in [6, 6.07) is 9.01. The Morgan fingerprint density at radius 2 is 1.24 bits per heavy atom. The molecular formula is C25H40O6S2. The van der Waals surface area contributed by atoms with Gasteiger partial charge in [0.15, 0.2) is 0 Å². The number of carboxylic acids is 1. The largest absolute Gasteiger partial charge is 0.481 e. The van der Waals surface area contributed by atoms with Gasteiger partial charge >= 0.3 is 11.9 Å². The van der Waals surface area contributed by atoms with Crippen LogP contribution in [0.4, 0.5) is 0 Å². The normalized spacial score (nSPS) is 13.9. The minimum atomic E-state index is -0.961. The first kappa shape index (κ1) is 29.5. The third-order valence-corrected chi connectivity index (χ3v) is 8.40. The van der Waals surface area contributed by atoms with Gasteiger partial charge in [-0.2, -0.15) is 0 Å². The minimum Gasteiger partial charge on any atom is -0.481 e. The highest BCUT2D eigenvalue weighted by molar-refractivity contribution is 7.85. The fourth-order valence-corrected chi connectivity index (χ4v) is 6.10. The van der Waals surface area contributed by atoms with Gasteiger partial charge in [-0.3, -0.25) is 18.0 Å². The summed E-state index contributed by atoms with van der Waals surface area (Å²) in [7, 11) is -1.92. The van der Waals surface area contributed by atoms with Crippen LogP contribution in [0.1, 0.15) is 72.6 Å². The van der Waals surface area contributed by atoms with Gasteiger partial charge in [-0.05, 0) is 55.1 Å². The molecule has 0 aliphatic rings. The molecule has 0 aliphatic heterocycles. The molecule has 188 valence electrons. The molecule has 2 unspecified atom stereocenters. The maximum absolute atomic E-state index is 12.3. The summed E-state index contributed by atoms with van der Waals surface area (Å²) in [6.45, 7) is 7.87. The molecule has 0 saturated heterocycles. The number of aliphatic carboxylic acids is 1. The van der Waals surface area contributed by atoms with E-state index in [9.17, 15) is 18.0 Å². The Labute approximate surface area is 203 Å². The summed E-state index contributed by atoms with van der Waals surface area (Å²) < 4.78 is 29.8. The SMILES string of the molecule is CC(C)(CCCS(=O)CCCS(=O)CCCC(C)(C)CC(=O)Oc1ccccc1)CC(=O)O. The number of carbonyl (C=O) groups is 2. The molecule has 0 fully saturated rings. The number of hydrogen-bond donors (Lipinski definition) is 1. The Bertz CT molecular complexity index is 789. The second-order valence-electron chi connectivity index (χ2n) is 10.1. The molecular weight excluding hydrogens is 460 g/mol. The van der Waals surface area contributed by atoms with Crippen molar-refractivity contribution < 1.29 is 27.9 Å². The number of benzene rings is 1. The van der Waals surface area contributed by atoms with E-state index in [1.807, 2.05) is 45.9 Å². The first-order valence-corrected chi connectivity index (χ1v) is 14.5. The molecule has 0 spiro atoms. The summed E-state index contributed by atoms with van der Waals surface area (Å²) in [5, 5.41) is 8.92. The van der Waals surface area contributed by atoms with Gasteiger partial charge in [0.25, 0.3) is 0 Å². The average Bonchev–Trinajstić information content (AvgIpc) is 2.66. The summed E-state index contributed by atoms with van der Waals surface area (Å²) in [5.41, 5.74) is -0.518. The highest BCUT2D eigenvalue weighted by Crippen LogP contribution is 2.28.